The van der Waals surface area contributed by atoms with Crippen LogP contribution in [-0.4, -0.2) is 28.0 Å². The van der Waals surface area contributed by atoms with Crippen LogP contribution in [0.2, 0.25) is 0 Å². The zero-order chi connectivity index (χ0) is 18.5. The number of amides is 1. The SMILES string of the molecule is Nc1cccc2ccc(CC(=O)NC(Cc3ccccc3)C(=O)O)nc12. The lowest BCUT2D eigenvalue weighted by molar-refractivity contribution is -0.141. The molecule has 1 unspecified atom stereocenters. The van der Waals surface area contributed by atoms with Crippen LogP contribution in [0.3, 0.4) is 0 Å². The zero-order valence-corrected chi connectivity index (χ0v) is 14.1. The van der Waals surface area contributed by atoms with Crippen molar-refractivity contribution < 1.29 is 14.7 Å². The van der Waals surface area contributed by atoms with Crippen LogP contribution in [0, 0.1) is 0 Å². The van der Waals surface area contributed by atoms with E-state index in [2.05, 4.69) is 10.3 Å². The maximum Gasteiger partial charge on any atom is 0.326 e. The molecule has 0 aliphatic carbocycles. The highest BCUT2D eigenvalue weighted by molar-refractivity contribution is 5.90. The lowest BCUT2D eigenvalue weighted by Crippen LogP contribution is -2.43. The largest absolute Gasteiger partial charge is 0.480 e. The van der Waals surface area contributed by atoms with Crippen molar-refractivity contribution in [1.29, 1.82) is 0 Å². The van der Waals surface area contributed by atoms with Gasteiger partial charge in [-0.25, -0.2) is 4.79 Å². The van der Waals surface area contributed by atoms with Gasteiger partial charge in [-0.15, -0.1) is 0 Å². The smallest absolute Gasteiger partial charge is 0.326 e. The molecule has 26 heavy (non-hydrogen) atoms. The highest BCUT2D eigenvalue weighted by Crippen LogP contribution is 2.19. The summed E-state index contributed by atoms with van der Waals surface area (Å²) in [6, 6.07) is 17.3. The Morgan fingerprint density at radius 2 is 1.81 bits per heavy atom. The molecule has 4 N–H and O–H groups in total. The number of hydrogen-bond acceptors (Lipinski definition) is 4. The summed E-state index contributed by atoms with van der Waals surface area (Å²) in [5, 5.41) is 12.8. The second-order valence-corrected chi connectivity index (χ2v) is 6.05. The van der Waals surface area contributed by atoms with Crippen molar-refractivity contribution in [3.05, 3.63) is 71.9 Å². The van der Waals surface area contributed by atoms with Gasteiger partial charge in [0.05, 0.1) is 23.3 Å². The summed E-state index contributed by atoms with van der Waals surface area (Å²) in [5.74, 6) is -1.47. The topological polar surface area (TPSA) is 105 Å². The van der Waals surface area contributed by atoms with Crippen LogP contribution < -0.4 is 11.1 Å². The number of nitrogens with two attached hydrogens (primary N) is 1. The third-order valence-corrected chi connectivity index (χ3v) is 4.07. The predicted octanol–water partition coefficient (Wildman–Crippen LogP) is 2.17. The van der Waals surface area contributed by atoms with Crippen molar-refractivity contribution >= 4 is 28.5 Å². The molecule has 3 rings (SSSR count). The fraction of sp³-hybridized carbons (Fsp3) is 0.150. The number of anilines is 1. The first-order chi connectivity index (χ1) is 12.5. The van der Waals surface area contributed by atoms with E-state index < -0.39 is 17.9 Å². The number of nitrogens with zero attached hydrogens (tertiary/aromatic N) is 1. The number of pyridine rings is 1. The summed E-state index contributed by atoms with van der Waals surface area (Å²) in [6.45, 7) is 0. The fourth-order valence-corrected chi connectivity index (χ4v) is 2.77. The number of aliphatic carboxylic acids is 1. The number of carbonyl (C=O) groups excluding carboxylic acids is 1. The Kier molecular flexibility index (Phi) is 5.12. The summed E-state index contributed by atoms with van der Waals surface area (Å²) < 4.78 is 0. The van der Waals surface area contributed by atoms with Gasteiger partial charge < -0.3 is 16.2 Å². The third-order valence-electron chi connectivity index (χ3n) is 4.07. The van der Waals surface area contributed by atoms with Gasteiger partial charge in [-0.1, -0.05) is 48.5 Å². The van der Waals surface area contributed by atoms with Crippen LogP contribution in [0.1, 0.15) is 11.3 Å². The first-order valence-electron chi connectivity index (χ1n) is 8.23. The van der Waals surface area contributed by atoms with E-state index in [0.717, 1.165) is 10.9 Å². The molecule has 1 amide bonds. The molecule has 0 radical (unpaired) electrons. The molecule has 0 saturated carbocycles. The summed E-state index contributed by atoms with van der Waals surface area (Å²) in [4.78, 5) is 28.2. The van der Waals surface area contributed by atoms with E-state index in [1.54, 1.807) is 12.1 Å². The Morgan fingerprint density at radius 3 is 2.54 bits per heavy atom. The highest BCUT2D eigenvalue weighted by Gasteiger charge is 2.20. The van der Waals surface area contributed by atoms with Gasteiger partial charge in [0.15, 0.2) is 0 Å². The molecule has 0 bridgehead atoms. The van der Waals surface area contributed by atoms with Crippen LogP contribution in [-0.2, 0) is 22.4 Å². The molecule has 0 aliphatic rings. The van der Waals surface area contributed by atoms with Crippen molar-refractivity contribution in [3.63, 3.8) is 0 Å². The lowest BCUT2D eigenvalue weighted by atomic mass is 10.1. The number of nitrogen functional groups attached to an aromatic ring is 1. The Morgan fingerprint density at radius 1 is 1.04 bits per heavy atom. The van der Waals surface area contributed by atoms with E-state index in [9.17, 15) is 14.7 Å². The van der Waals surface area contributed by atoms with Crippen molar-refractivity contribution in [1.82, 2.24) is 10.3 Å². The van der Waals surface area contributed by atoms with Gasteiger partial charge in [0.1, 0.15) is 6.04 Å². The maximum atomic E-state index is 12.3. The number of benzene rings is 2. The van der Waals surface area contributed by atoms with Gasteiger partial charge in [0, 0.05) is 11.8 Å². The molecular weight excluding hydrogens is 330 g/mol. The number of nitrogens with one attached hydrogen (secondary N) is 1. The van der Waals surface area contributed by atoms with Crippen LogP contribution in [0.25, 0.3) is 10.9 Å². The molecule has 1 atom stereocenters. The lowest BCUT2D eigenvalue weighted by Gasteiger charge is -2.14. The minimum Gasteiger partial charge on any atom is -0.480 e. The second-order valence-electron chi connectivity index (χ2n) is 6.05. The monoisotopic (exact) mass is 349 g/mol. The van der Waals surface area contributed by atoms with Gasteiger partial charge in [-0.05, 0) is 17.7 Å². The molecule has 6 nitrogen and oxygen atoms in total. The minimum absolute atomic E-state index is 0.0111. The highest BCUT2D eigenvalue weighted by atomic mass is 16.4. The molecule has 3 aromatic rings. The van der Waals surface area contributed by atoms with Crippen molar-refractivity contribution in [2.45, 2.75) is 18.9 Å². The Balaban J connectivity index is 1.70. The van der Waals surface area contributed by atoms with Crippen molar-refractivity contribution in [3.8, 4) is 0 Å². The molecule has 0 fully saturated rings. The molecule has 1 aromatic heterocycles. The summed E-state index contributed by atoms with van der Waals surface area (Å²) in [6.07, 6.45) is 0.211. The zero-order valence-electron chi connectivity index (χ0n) is 14.1. The number of carboxylic acids is 1. The first-order valence-corrected chi connectivity index (χ1v) is 8.23. The molecular formula is C20H19N3O3. The molecule has 2 aromatic carbocycles. The molecule has 0 saturated heterocycles. The summed E-state index contributed by atoms with van der Waals surface area (Å²) >= 11 is 0. The van der Waals surface area contributed by atoms with Crippen LogP contribution in [0.4, 0.5) is 5.69 Å². The molecule has 6 heteroatoms. The van der Waals surface area contributed by atoms with E-state index in [0.29, 0.717) is 16.9 Å². The molecule has 0 aliphatic heterocycles. The van der Waals surface area contributed by atoms with Gasteiger partial charge in [-0.3, -0.25) is 9.78 Å². The van der Waals surface area contributed by atoms with Gasteiger partial charge in [0.25, 0.3) is 0 Å². The number of carbonyl (C=O) groups is 2. The average Bonchev–Trinajstić information content (AvgIpc) is 2.62. The van der Waals surface area contributed by atoms with Gasteiger partial charge in [-0.2, -0.15) is 0 Å². The van der Waals surface area contributed by atoms with E-state index in [1.807, 2.05) is 48.5 Å². The normalized spacial score (nSPS) is 11.8. The molecule has 0 spiro atoms. The molecule has 1 heterocycles. The number of rotatable bonds is 6. The Hall–Kier alpha value is -3.41. The van der Waals surface area contributed by atoms with E-state index >= 15 is 0 Å². The Labute approximate surface area is 150 Å². The van der Waals surface area contributed by atoms with Crippen molar-refractivity contribution in [2.24, 2.45) is 0 Å². The first kappa shape index (κ1) is 17.4. The second kappa shape index (κ2) is 7.65. The van der Waals surface area contributed by atoms with Crippen molar-refractivity contribution in [2.75, 3.05) is 5.73 Å². The number of fused-ring (bicyclic) bond motifs is 1. The van der Waals surface area contributed by atoms with E-state index in [-0.39, 0.29) is 12.8 Å². The van der Waals surface area contributed by atoms with E-state index in [4.69, 9.17) is 5.73 Å². The van der Waals surface area contributed by atoms with Crippen LogP contribution in [0.15, 0.2) is 60.7 Å². The van der Waals surface area contributed by atoms with Gasteiger partial charge in [0.2, 0.25) is 5.91 Å². The van der Waals surface area contributed by atoms with Gasteiger partial charge >= 0.3 is 5.97 Å². The van der Waals surface area contributed by atoms with Crippen LogP contribution >= 0.6 is 0 Å². The van der Waals surface area contributed by atoms with E-state index in [1.165, 1.54) is 0 Å². The maximum absolute atomic E-state index is 12.3. The van der Waals surface area contributed by atoms with Crippen LogP contribution in [0.5, 0.6) is 0 Å². The molecule has 132 valence electrons. The quantitative estimate of drug-likeness (QED) is 0.592. The number of para-hydroxylation sites is 1. The standard InChI is InChI=1S/C20H19N3O3/c21-16-8-4-7-14-9-10-15(22-19(14)16)12-18(24)23-17(20(25)26)11-13-5-2-1-3-6-13/h1-10,17H,11-12,21H2,(H,23,24)(H,25,26). The summed E-state index contributed by atoms with van der Waals surface area (Å²) in [5.41, 5.74) is 8.48. The Bertz CT molecular complexity index is 941. The number of carboxylic acid groups (broad SMARTS) is 1. The number of aromatic nitrogens is 1. The minimum atomic E-state index is -1.07. The predicted molar refractivity (Wildman–Crippen MR) is 99.6 cm³/mol. The fourth-order valence-electron chi connectivity index (χ4n) is 2.77. The average molecular weight is 349 g/mol. The number of hydrogen-bond donors (Lipinski definition) is 3. The summed E-state index contributed by atoms with van der Waals surface area (Å²) in [7, 11) is 0. The third kappa shape index (κ3) is 4.16.